The zero-order valence-electron chi connectivity index (χ0n) is 15.4. The van der Waals surface area contributed by atoms with Gasteiger partial charge in [-0.3, -0.25) is 9.48 Å². The number of carbonyl (C=O) groups excluding carboxylic acids is 1. The fourth-order valence-electron chi connectivity index (χ4n) is 2.84. The Kier molecular flexibility index (Phi) is 5.32. The summed E-state index contributed by atoms with van der Waals surface area (Å²) in [5.41, 5.74) is 3.76. The maximum absolute atomic E-state index is 12.6. The molecule has 1 aromatic carbocycles. The summed E-state index contributed by atoms with van der Waals surface area (Å²) < 4.78 is 7.05. The normalized spacial score (nSPS) is 11.4. The molecule has 5 heteroatoms. The number of benzene rings is 1. The van der Waals surface area contributed by atoms with Crippen LogP contribution in [0.3, 0.4) is 0 Å². The first-order valence-electron chi connectivity index (χ1n) is 8.19. The molecule has 130 valence electrons. The molecule has 0 saturated heterocycles. The smallest absolute Gasteiger partial charge is 0.230 e. The number of aryl methyl sites for hydroxylation is 2. The maximum atomic E-state index is 12.6. The highest BCUT2D eigenvalue weighted by atomic mass is 16.5. The molecule has 1 amide bonds. The number of nitrogens with one attached hydrogen (secondary N) is 1. The largest absolute Gasteiger partial charge is 0.497 e. The Bertz CT molecular complexity index is 715. The minimum absolute atomic E-state index is 0.0202. The van der Waals surface area contributed by atoms with Gasteiger partial charge in [-0.2, -0.15) is 5.10 Å². The average molecular weight is 329 g/mol. The third kappa shape index (κ3) is 3.61. The molecule has 2 rings (SSSR count). The van der Waals surface area contributed by atoms with Gasteiger partial charge in [-0.15, -0.1) is 0 Å². The van der Waals surface area contributed by atoms with Crippen LogP contribution in [0.15, 0.2) is 24.3 Å². The van der Waals surface area contributed by atoms with E-state index in [1.807, 2.05) is 56.8 Å². The summed E-state index contributed by atoms with van der Waals surface area (Å²) in [6, 6.07) is 7.64. The van der Waals surface area contributed by atoms with Crippen molar-refractivity contribution in [3.05, 3.63) is 46.8 Å². The van der Waals surface area contributed by atoms with Gasteiger partial charge in [-0.25, -0.2) is 0 Å². The molecule has 2 aromatic rings. The Hall–Kier alpha value is -2.30. The first kappa shape index (κ1) is 18.0. The highest BCUT2D eigenvalue weighted by Gasteiger charge is 2.29. The molecular weight excluding hydrogens is 302 g/mol. The Labute approximate surface area is 144 Å². The van der Waals surface area contributed by atoms with Crippen LogP contribution < -0.4 is 10.1 Å². The molecule has 0 spiro atoms. The fraction of sp³-hybridized carbons (Fsp3) is 0.474. The van der Waals surface area contributed by atoms with E-state index in [0.29, 0.717) is 6.54 Å². The second-order valence-corrected chi connectivity index (χ2v) is 6.63. The second-order valence-electron chi connectivity index (χ2n) is 6.63. The molecule has 0 aliphatic carbocycles. The molecule has 0 aliphatic heterocycles. The molecule has 0 bridgehead atoms. The summed E-state index contributed by atoms with van der Waals surface area (Å²) in [6.07, 6.45) is 0.788. The van der Waals surface area contributed by atoms with Gasteiger partial charge >= 0.3 is 0 Å². The fourth-order valence-corrected chi connectivity index (χ4v) is 2.84. The first-order chi connectivity index (χ1) is 11.3. The Balaban J connectivity index is 2.00. The lowest BCUT2D eigenvalue weighted by molar-refractivity contribution is -0.125. The van der Waals surface area contributed by atoms with E-state index < -0.39 is 5.41 Å². The van der Waals surface area contributed by atoms with E-state index in [4.69, 9.17) is 4.74 Å². The van der Waals surface area contributed by atoms with Crippen LogP contribution in [0.25, 0.3) is 0 Å². The number of ether oxygens (including phenoxy) is 1. The molecule has 0 radical (unpaired) electrons. The number of aromatic nitrogens is 2. The maximum Gasteiger partial charge on any atom is 0.230 e. The third-order valence-electron chi connectivity index (χ3n) is 4.70. The Morgan fingerprint density at radius 2 is 1.88 bits per heavy atom. The zero-order valence-corrected chi connectivity index (χ0v) is 15.4. The van der Waals surface area contributed by atoms with E-state index in [9.17, 15) is 4.79 Å². The van der Waals surface area contributed by atoms with Crippen LogP contribution >= 0.6 is 0 Å². The topological polar surface area (TPSA) is 56.1 Å². The Morgan fingerprint density at radius 3 is 2.38 bits per heavy atom. The Morgan fingerprint density at radius 1 is 1.25 bits per heavy atom. The molecule has 5 nitrogen and oxygen atoms in total. The van der Waals surface area contributed by atoms with E-state index in [-0.39, 0.29) is 5.91 Å². The number of hydrogen-bond donors (Lipinski definition) is 1. The molecule has 0 aliphatic rings. The third-order valence-corrected chi connectivity index (χ3v) is 4.70. The van der Waals surface area contributed by atoms with Crippen LogP contribution in [0.5, 0.6) is 5.75 Å². The number of rotatable bonds is 6. The number of hydrogen-bond acceptors (Lipinski definition) is 3. The molecule has 24 heavy (non-hydrogen) atoms. The predicted molar refractivity (Wildman–Crippen MR) is 95.4 cm³/mol. The van der Waals surface area contributed by atoms with Crippen molar-refractivity contribution < 1.29 is 9.53 Å². The van der Waals surface area contributed by atoms with E-state index in [2.05, 4.69) is 17.3 Å². The van der Waals surface area contributed by atoms with Gasteiger partial charge in [0.05, 0.1) is 18.2 Å². The lowest BCUT2D eigenvalue weighted by Crippen LogP contribution is -2.41. The van der Waals surface area contributed by atoms with Gasteiger partial charge in [0.1, 0.15) is 5.75 Å². The molecule has 0 fully saturated rings. The van der Waals surface area contributed by atoms with Gasteiger partial charge < -0.3 is 10.1 Å². The van der Waals surface area contributed by atoms with Crippen LogP contribution in [0.1, 0.15) is 36.4 Å². The van der Waals surface area contributed by atoms with Crippen molar-refractivity contribution in [1.29, 1.82) is 0 Å². The lowest BCUT2D eigenvalue weighted by Gasteiger charge is -2.24. The first-order valence-corrected chi connectivity index (χ1v) is 8.19. The van der Waals surface area contributed by atoms with Crippen molar-refractivity contribution in [2.24, 2.45) is 7.05 Å². The standard InChI is InChI=1S/C19H27N3O2/c1-13-17(14(2)22(5)21-13)11-12-20-18(23)19(3,4)15-7-9-16(24-6)10-8-15/h7-10H,11-12H2,1-6H3,(H,20,23). The van der Waals surface area contributed by atoms with Gasteiger partial charge in [-0.05, 0) is 57.4 Å². The predicted octanol–water partition coefficient (Wildman–Crippen LogP) is 2.68. The van der Waals surface area contributed by atoms with Crippen molar-refractivity contribution >= 4 is 5.91 Å². The van der Waals surface area contributed by atoms with Gasteiger partial charge in [0.25, 0.3) is 0 Å². The van der Waals surface area contributed by atoms with E-state index in [1.54, 1.807) is 7.11 Å². The lowest BCUT2D eigenvalue weighted by atomic mass is 9.83. The number of carbonyl (C=O) groups is 1. The summed E-state index contributed by atoms with van der Waals surface area (Å²) in [4.78, 5) is 12.6. The van der Waals surface area contributed by atoms with Crippen LogP contribution in [0.4, 0.5) is 0 Å². The minimum Gasteiger partial charge on any atom is -0.497 e. The number of nitrogens with zero attached hydrogens (tertiary/aromatic N) is 2. The highest BCUT2D eigenvalue weighted by Crippen LogP contribution is 2.25. The van der Waals surface area contributed by atoms with Crippen molar-refractivity contribution in [3.8, 4) is 5.75 Å². The van der Waals surface area contributed by atoms with E-state index in [1.165, 1.54) is 5.56 Å². The zero-order chi connectivity index (χ0) is 17.9. The van der Waals surface area contributed by atoms with Crippen molar-refractivity contribution in [1.82, 2.24) is 15.1 Å². The number of amides is 1. The van der Waals surface area contributed by atoms with Gasteiger partial charge in [0.15, 0.2) is 0 Å². The van der Waals surface area contributed by atoms with Gasteiger partial charge in [0, 0.05) is 19.3 Å². The van der Waals surface area contributed by atoms with Crippen molar-refractivity contribution in [3.63, 3.8) is 0 Å². The number of methoxy groups -OCH3 is 1. The van der Waals surface area contributed by atoms with Crippen molar-refractivity contribution in [2.45, 2.75) is 39.5 Å². The monoisotopic (exact) mass is 329 g/mol. The summed E-state index contributed by atoms with van der Waals surface area (Å²) in [7, 11) is 3.58. The van der Waals surface area contributed by atoms with Gasteiger partial charge in [-0.1, -0.05) is 12.1 Å². The molecule has 0 saturated carbocycles. The van der Waals surface area contributed by atoms with Crippen LogP contribution in [-0.4, -0.2) is 29.3 Å². The highest BCUT2D eigenvalue weighted by molar-refractivity contribution is 5.87. The summed E-state index contributed by atoms with van der Waals surface area (Å²) >= 11 is 0. The van der Waals surface area contributed by atoms with Crippen LogP contribution in [0, 0.1) is 13.8 Å². The van der Waals surface area contributed by atoms with Crippen molar-refractivity contribution in [2.75, 3.05) is 13.7 Å². The van der Waals surface area contributed by atoms with Crippen LogP contribution in [-0.2, 0) is 23.7 Å². The summed E-state index contributed by atoms with van der Waals surface area (Å²) in [5, 5.41) is 7.47. The SMILES string of the molecule is COc1ccc(C(C)(C)C(=O)NCCc2c(C)nn(C)c2C)cc1. The minimum atomic E-state index is -0.592. The molecule has 1 N–H and O–H groups in total. The van der Waals surface area contributed by atoms with E-state index >= 15 is 0 Å². The summed E-state index contributed by atoms with van der Waals surface area (Å²) in [6.45, 7) is 8.53. The van der Waals surface area contributed by atoms with E-state index in [0.717, 1.165) is 29.1 Å². The summed E-state index contributed by atoms with van der Waals surface area (Å²) in [5.74, 6) is 0.810. The quantitative estimate of drug-likeness (QED) is 0.886. The van der Waals surface area contributed by atoms with Gasteiger partial charge in [0.2, 0.25) is 5.91 Å². The average Bonchev–Trinajstić information content (AvgIpc) is 2.80. The molecular formula is C19H27N3O2. The molecule has 0 unspecified atom stereocenters. The molecule has 0 atom stereocenters. The molecule has 1 heterocycles. The van der Waals surface area contributed by atoms with Crippen LogP contribution in [0.2, 0.25) is 0 Å². The molecule has 1 aromatic heterocycles. The second kappa shape index (κ2) is 7.07.